The van der Waals surface area contributed by atoms with E-state index in [9.17, 15) is 0 Å². The maximum Gasteiger partial charge on any atom is 0.194 e. The van der Waals surface area contributed by atoms with Crippen LogP contribution in [-0.4, -0.2) is 67.1 Å². The van der Waals surface area contributed by atoms with E-state index >= 15 is 0 Å². The number of aromatic nitrogens is 1. The van der Waals surface area contributed by atoms with Crippen LogP contribution in [0.5, 0.6) is 0 Å². The molecule has 29 heavy (non-hydrogen) atoms. The number of likely N-dealkylation sites (N-methyl/N-ethyl adjacent to an activating group) is 1. The van der Waals surface area contributed by atoms with Crippen molar-refractivity contribution in [3.8, 4) is 0 Å². The SMILES string of the molecule is CCN1CCN(c2ccc(CNC(=NC)N3CCc4ccccc4C3)cn2)CC1. The Kier molecular flexibility index (Phi) is 6.30. The number of pyridine rings is 1. The summed E-state index contributed by atoms with van der Waals surface area (Å²) in [7, 11) is 1.86. The highest BCUT2D eigenvalue weighted by molar-refractivity contribution is 5.80. The fraction of sp³-hybridized carbons (Fsp3) is 0.478. The van der Waals surface area contributed by atoms with E-state index < -0.39 is 0 Å². The molecule has 0 radical (unpaired) electrons. The molecule has 2 aliphatic rings. The van der Waals surface area contributed by atoms with Crippen molar-refractivity contribution in [3.63, 3.8) is 0 Å². The third-order valence-electron chi connectivity index (χ3n) is 6.05. The van der Waals surface area contributed by atoms with Crippen LogP contribution in [0, 0.1) is 0 Å². The van der Waals surface area contributed by atoms with Crippen LogP contribution in [0.25, 0.3) is 0 Å². The normalized spacial score (nSPS) is 17.9. The highest BCUT2D eigenvalue weighted by Crippen LogP contribution is 2.19. The molecule has 0 unspecified atom stereocenters. The Morgan fingerprint density at radius 2 is 1.83 bits per heavy atom. The van der Waals surface area contributed by atoms with Crippen LogP contribution >= 0.6 is 0 Å². The summed E-state index contributed by atoms with van der Waals surface area (Å²) in [6.07, 6.45) is 3.06. The van der Waals surface area contributed by atoms with E-state index in [1.807, 2.05) is 13.2 Å². The molecule has 0 spiro atoms. The van der Waals surface area contributed by atoms with Crippen molar-refractivity contribution in [2.45, 2.75) is 26.4 Å². The second-order valence-corrected chi connectivity index (χ2v) is 7.79. The molecule has 6 nitrogen and oxygen atoms in total. The predicted octanol–water partition coefficient (Wildman–Crippen LogP) is 2.36. The van der Waals surface area contributed by atoms with E-state index in [1.165, 1.54) is 16.7 Å². The fourth-order valence-electron chi connectivity index (χ4n) is 4.19. The lowest BCUT2D eigenvalue weighted by Gasteiger charge is -2.34. The second kappa shape index (κ2) is 9.27. The summed E-state index contributed by atoms with van der Waals surface area (Å²) < 4.78 is 0. The number of hydrogen-bond acceptors (Lipinski definition) is 4. The maximum atomic E-state index is 4.71. The minimum atomic E-state index is 0.738. The lowest BCUT2D eigenvalue weighted by atomic mass is 10.0. The van der Waals surface area contributed by atoms with Crippen LogP contribution in [0.1, 0.15) is 23.6 Å². The predicted molar refractivity (Wildman–Crippen MR) is 119 cm³/mol. The van der Waals surface area contributed by atoms with Gasteiger partial charge >= 0.3 is 0 Å². The summed E-state index contributed by atoms with van der Waals surface area (Å²) in [5.74, 6) is 2.04. The topological polar surface area (TPSA) is 47.0 Å². The van der Waals surface area contributed by atoms with Crippen molar-refractivity contribution in [3.05, 3.63) is 59.3 Å². The highest BCUT2D eigenvalue weighted by atomic mass is 15.3. The van der Waals surface area contributed by atoms with Crippen LogP contribution in [-0.2, 0) is 19.5 Å². The Morgan fingerprint density at radius 3 is 2.52 bits per heavy atom. The highest BCUT2D eigenvalue weighted by Gasteiger charge is 2.19. The van der Waals surface area contributed by atoms with Crippen molar-refractivity contribution >= 4 is 11.8 Å². The zero-order valence-corrected chi connectivity index (χ0v) is 17.6. The van der Waals surface area contributed by atoms with Gasteiger partial charge in [0.25, 0.3) is 0 Å². The molecule has 2 aromatic rings. The van der Waals surface area contributed by atoms with Gasteiger partial charge in [-0.3, -0.25) is 4.99 Å². The first-order chi connectivity index (χ1) is 14.3. The zero-order valence-electron chi connectivity index (χ0n) is 17.6. The Bertz CT molecular complexity index is 824. The van der Waals surface area contributed by atoms with Crippen molar-refractivity contribution in [1.29, 1.82) is 0 Å². The molecule has 1 saturated heterocycles. The van der Waals surface area contributed by atoms with Gasteiger partial charge in [-0.15, -0.1) is 0 Å². The number of rotatable bonds is 4. The van der Waals surface area contributed by atoms with Gasteiger partial charge in [0, 0.05) is 59.1 Å². The number of anilines is 1. The second-order valence-electron chi connectivity index (χ2n) is 7.79. The van der Waals surface area contributed by atoms with Gasteiger partial charge < -0.3 is 20.0 Å². The lowest BCUT2D eigenvalue weighted by molar-refractivity contribution is 0.270. The van der Waals surface area contributed by atoms with Crippen LogP contribution in [0.2, 0.25) is 0 Å². The van der Waals surface area contributed by atoms with E-state index in [1.54, 1.807) is 0 Å². The molecule has 1 fully saturated rings. The third-order valence-corrected chi connectivity index (χ3v) is 6.05. The molecule has 154 valence electrons. The molecule has 3 heterocycles. The average molecular weight is 393 g/mol. The number of aliphatic imine (C=N–C) groups is 1. The van der Waals surface area contributed by atoms with Crippen molar-refractivity contribution < 1.29 is 0 Å². The first kappa shape index (κ1) is 19.7. The quantitative estimate of drug-likeness (QED) is 0.639. The number of benzene rings is 1. The van der Waals surface area contributed by atoms with Gasteiger partial charge in [0.05, 0.1) is 0 Å². The monoisotopic (exact) mass is 392 g/mol. The molecule has 6 heteroatoms. The van der Waals surface area contributed by atoms with E-state index in [-0.39, 0.29) is 0 Å². The summed E-state index contributed by atoms with van der Waals surface area (Å²) in [6, 6.07) is 13.0. The molecule has 1 N–H and O–H groups in total. The van der Waals surface area contributed by atoms with Gasteiger partial charge in [0.1, 0.15) is 5.82 Å². The van der Waals surface area contributed by atoms with Gasteiger partial charge in [0.2, 0.25) is 0 Å². The van der Waals surface area contributed by atoms with Gasteiger partial charge in [0.15, 0.2) is 5.96 Å². The lowest BCUT2D eigenvalue weighted by Crippen LogP contribution is -2.46. The van der Waals surface area contributed by atoms with E-state index in [2.05, 4.69) is 68.3 Å². The molecular formula is C23H32N6. The van der Waals surface area contributed by atoms with Crippen LogP contribution in [0.4, 0.5) is 5.82 Å². The third kappa shape index (κ3) is 4.70. The number of piperazine rings is 1. The van der Waals surface area contributed by atoms with E-state index in [4.69, 9.17) is 4.98 Å². The number of nitrogens with zero attached hydrogens (tertiary/aromatic N) is 5. The summed E-state index contributed by atoms with van der Waals surface area (Å²) in [5.41, 5.74) is 4.04. The molecule has 0 aliphatic carbocycles. The minimum Gasteiger partial charge on any atom is -0.354 e. The zero-order chi connectivity index (χ0) is 20.1. The van der Waals surface area contributed by atoms with E-state index in [0.29, 0.717) is 0 Å². The van der Waals surface area contributed by atoms with Gasteiger partial charge in [-0.1, -0.05) is 37.3 Å². The summed E-state index contributed by atoms with van der Waals surface area (Å²) >= 11 is 0. The largest absolute Gasteiger partial charge is 0.354 e. The maximum absolute atomic E-state index is 4.71. The fourth-order valence-corrected chi connectivity index (χ4v) is 4.19. The Balaban J connectivity index is 1.31. The molecule has 0 atom stereocenters. The van der Waals surface area contributed by atoms with Crippen LogP contribution in [0.15, 0.2) is 47.6 Å². The first-order valence-corrected chi connectivity index (χ1v) is 10.7. The molecule has 0 bridgehead atoms. The van der Waals surface area contributed by atoms with Gasteiger partial charge in [-0.05, 0) is 35.7 Å². The standard InChI is InChI=1S/C23H32N6/c1-3-27-12-14-28(15-13-27)22-9-8-19(16-25-22)17-26-23(24-2)29-11-10-20-6-4-5-7-21(20)18-29/h4-9,16H,3,10-15,17-18H2,1-2H3,(H,24,26). The number of hydrogen-bond donors (Lipinski definition) is 1. The Labute approximate surface area is 174 Å². The molecule has 1 aromatic heterocycles. The summed E-state index contributed by atoms with van der Waals surface area (Å²) in [6.45, 7) is 10.4. The Morgan fingerprint density at radius 1 is 1.03 bits per heavy atom. The molecule has 2 aliphatic heterocycles. The molecule has 0 amide bonds. The Hall–Kier alpha value is -2.60. The van der Waals surface area contributed by atoms with Gasteiger partial charge in [-0.2, -0.15) is 0 Å². The average Bonchev–Trinajstić information content (AvgIpc) is 2.80. The smallest absolute Gasteiger partial charge is 0.194 e. The van der Waals surface area contributed by atoms with Crippen LogP contribution in [0.3, 0.4) is 0 Å². The number of nitrogens with one attached hydrogen (secondary N) is 1. The van der Waals surface area contributed by atoms with Crippen molar-refractivity contribution in [2.75, 3.05) is 51.2 Å². The first-order valence-electron chi connectivity index (χ1n) is 10.7. The molecule has 4 rings (SSSR count). The van der Waals surface area contributed by atoms with Crippen molar-refractivity contribution in [2.24, 2.45) is 4.99 Å². The van der Waals surface area contributed by atoms with E-state index in [0.717, 1.165) is 70.6 Å². The molecular weight excluding hydrogens is 360 g/mol. The van der Waals surface area contributed by atoms with Gasteiger partial charge in [-0.25, -0.2) is 4.98 Å². The van der Waals surface area contributed by atoms with Crippen molar-refractivity contribution in [1.82, 2.24) is 20.1 Å². The molecule has 1 aromatic carbocycles. The summed E-state index contributed by atoms with van der Waals surface area (Å²) in [4.78, 5) is 16.4. The number of guanidine groups is 1. The molecule has 0 saturated carbocycles. The summed E-state index contributed by atoms with van der Waals surface area (Å²) in [5, 5.41) is 3.51. The minimum absolute atomic E-state index is 0.738. The number of fused-ring (bicyclic) bond motifs is 1. The van der Waals surface area contributed by atoms with Crippen LogP contribution < -0.4 is 10.2 Å².